The third kappa shape index (κ3) is 4.47. The van der Waals surface area contributed by atoms with E-state index in [0.717, 1.165) is 5.39 Å². The van der Waals surface area contributed by atoms with Crippen molar-refractivity contribution < 1.29 is 48.4 Å². The Morgan fingerprint density at radius 3 is 2.06 bits per heavy atom. The van der Waals surface area contributed by atoms with Crippen LogP contribution in [0.25, 0.3) is 21.5 Å². The Hall–Kier alpha value is -3.57. The van der Waals surface area contributed by atoms with Gasteiger partial charge in [-0.1, -0.05) is 54.6 Å². The van der Waals surface area contributed by atoms with E-state index in [4.69, 9.17) is 9.47 Å². The Morgan fingerprint density at radius 2 is 1.39 bits per heavy atom. The van der Waals surface area contributed by atoms with Crippen LogP contribution in [0.15, 0.2) is 72.8 Å². The predicted molar refractivity (Wildman–Crippen MR) is 111 cm³/mol. The number of phenols is 1. The standard InChI is InChI=1S/C24H16O6.Zn/c1-14(25)29-21-13-17-8-3-2-7-16(17)12-19(21)23(27)30-24(28)22-18-9-5-4-6-15(18)10-11-20(22)26;/h2-13,26H,1H3;. The van der Waals surface area contributed by atoms with Crippen LogP contribution in [-0.4, -0.2) is 23.0 Å². The van der Waals surface area contributed by atoms with E-state index in [1.807, 2.05) is 6.07 Å². The van der Waals surface area contributed by atoms with Gasteiger partial charge in [0.05, 0.1) is 0 Å². The molecule has 0 aromatic heterocycles. The summed E-state index contributed by atoms with van der Waals surface area (Å²) in [6.45, 7) is 1.21. The maximum atomic E-state index is 12.8. The van der Waals surface area contributed by atoms with Crippen molar-refractivity contribution in [3.8, 4) is 11.5 Å². The Morgan fingerprint density at radius 1 is 0.774 bits per heavy atom. The van der Waals surface area contributed by atoms with Crippen molar-refractivity contribution in [2.45, 2.75) is 6.92 Å². The van der Waals surface area contributed by atoms with Crippen molar-refractivity contribution in [1.82, 2.24) is 0 Å². The van der Waals surface area contributed by atoms with Crippen molar-refractivity contribution in [2.75, 3.05) is 0 Å². The van der Waals surface area contributed by atoms with Gasteiger partial charge in [0, 0.05) is 26.4 Å². The summed E-state index contributed by atoms with van der Waals surface area (Å²) in [5.74, 6) is -2.92. The van der Waals surface area contributed by atoms with Crippen LogP contribution in [0.1, 0.15) is 27.6 Å². The van der Waals surface area contributed by atoms with E-state index in [1.165, 1.54) is 25.1 Å². The quantitative estimate of drug-likeness (QED) is 0.205. The van der Waals surface area contributed by atoms with E-state index in [0.29, 0.717) is 16.2 Å². The summed E-state index contributed by atoms with van der Waals surface area (Å²) in [5, 5.41) is 12.8. The van der Waals surface area contributed by atoms with E-state index >= 15 is 0 Å². The van der Waals surface area contributed by atoms with E-state index in [-0.39, 0.29) is 42.1 Å². The molecule has 0 amide bonds. The van der Waals surface area contributed by atoms with Gasteiger partial charge in [0.2, 0.25) is 0 Å². The fourth-order valence-corrected chi connectivity index (χ4v) is 3.28. The van der Waals surface area contributed by atoms with Gasteiger partial charge in [-0.2, -0.15) is 0 Å². The van der Waals surface area contributed by atoms with Gasteiger partial charge < -0.3 is 14.6 Å². The molecule has 0 aliphatic heterocycles. The van der Waals surface area contributed by atoms with Crippen molar-refractivity contribution in [3.05, 3.63) is 83.9 Å². The molecule has 0 fully saturated rings. The third-order valence-electron chi connectivity index (χ3n) is 4.62. The fraction of sp³-hybridized carbons (Fsp3) is 0.0417. The van der Waals surface area contributed by atoms with Gasteiger partial charge in [-0.05, 0) is 39.7 Å². The number of phenolic OH excluding ortho intramolecular Hbond substituents is 1. The van der Waals surface area contributed by atoms with Crippen molar-refractivity contribution >= 4 is 39.5 Å². The Labute approximate surface area is 190 Å². The molecule has 0 radical (unpaired) electrons. The molecule has 0 aliphatic carbocycles. The summed E-state index contributed by atoms with van der Waals surface area (Å²) >= 11 is 0. The van der Waals surface area contributed by atoms with Gasteiger partial charge >= 0.3 is 17.9 Å². The monoisotopic (exact) mass is 464 g/mol. The van der Waals surface area contributed by atoms with Gasteiger partial charge in [0.1, 0.15) is 22.6 Å². The first-order chi connectivity index (χ1) is 14.4. The molecule has 150 valence electrons. The topological polar surface area (TPSA) is 89.9 Å². The summed E-state index contributed by atoms with van der Waals surface area (Å²) < 4.78 is 10.2. The van der Waals surface area contributed by atoms with Gasteiger partial charge in [-0.15, -0.1) is 0 Å². The number of hydrogen-bond donors (Lipinski definition) is 1. The zero-order valence-electron chi connectivity index (χ0n) is 16.6. The number of esters is 3. The average molecular weight is 466 g/mol. The van der Waals surface area contributed by atoms with Crippen molar-refractivity contribution in [3.63, 3.8) is 0 Å². The molecule has 0 saturated carbocycles. The molecule has 31 heavy (non-hydrogen) atoms. The number of ether oxygens (including phenoxy) is 2. The first-order valence-electron chi connectivity index (χ1n) is 9.12. The zero-order valence-corrected chi connectivity index (χ0v) is 19.6. The molecular weight excluding hydrogens is 450 g/mol. The second-order valence-corrected chi connectivity index (χ2v) is 6.65. The molecule has 0 unspecified atom stereocenters. The largest absolute Gasteiger partial charge is 0.507 e. The molecule has 7 heteroatoms. The minimum Gasteiger partial charge on any atom is -0.507 e. The van der Waals surface area contributed by atoms with Crippen LogP contribution in [0.4, 0.5) is 0 Å². The van der Waals surface area contributed by atoms with Crippen LogP contribution in [0.5, 0.6) is 11.5 Å². The molecule has 6 nitrogen and oxygen atoms in total. The Kier molecular flexibility index (Phi) is 6.47. The van der Waals surface area contributed by atoms with Crippen LogP contribution >= 0.6 is 0 Å². The Balaban J connectivity index is 0.00000272. The van der Waals surface area contributed by atoms with E-state index in [1.54, 1.807) is 48.5 Å². The summed E-state index contributed by atoms with van der Waals surface area (Å²) in [6.07, 6.45) is 0. The molecule has 0 saturated heterocycles. The Bertz CT molecular complexity index is 1330. The number of aromatic hydroxyl groups is 1. The van der Waals surface area contributed by atoms with Crippen LogP contribution < -0.4 is 4.74 Å². The molecule has 0 spiro atoms. The van der Waals surface area contributed by atoms with E-state index < -0.39 is 17.9 Å². The summed E-state index contributed by atoms with van der Waals surface area (Å²) in [7, 11) is 0. The molecule has 1 N–H and O–H groups in total. The number of fused-ring (bicyclic) bond motifs is 2. The SMILES string of the molecule is CC(=O)Oc1cc2ccccc2cc1C(=O)OC(=O)c1c(O)ccc2ccccc12.[Zn]. The molecule has 0 heterocycles. The average Bonchev–Trinajstić information content (AvgIpc) is 2.72. The molecule has 0 bridgehead atoms. The zero-order chi connectivity index (χ0) is 21.3. The predicted octanol–water partition coefficient (Wildman–Crippen LogP) is 4.62. The normalized spacial score (nSPS) is 10.4. The molecule has 4 aromatic rings. The second-order valence-electron chi connectivity index (χ2n) is 6.65. The number of hydrogen-bond acceptors (Lipinski definition) is 6. The van der Waals surface area contributed by atoms with Crippen LogP contribution in [-0.2, 0) is 29.0 Å². The van der Waals surface area contributed by atoms with Crippen LogP contribution in [0.3, 0.4) is 0 Å². The summed E-state index contributed by atoms with van der Waals surface area (Å²) in [5.41, 5.74) is -0.187. The molecular formula is C24H16O6Zn. The minimum absolute atomic E-state index is 0. The maximum absolute atomic E-state index is 12.8. The first kappa shape index (κ1) is 22.1. The molecule has 4 rings (SSSR count). The summed E-state index contributed by atoms with van der Waals surface area (Å²) in [4.78, 5) is 37.0. The number of carbonyl (C=O) groups is 3. The molecule has 0 atom stereocenters. The third-order valence-corrected chi connectivity index (χ3v) is 4.62. The van der Waals surface area contributed by atoms with Gasteiger partial charge in [-0.3, -0.25) is 4.79 Å². The van der Waals surface area contributed by atoms with Gasteiger partial charge in [-0.25, -0.2) is 9.59 Å². The number of carbonyl (C=O) groups excluding carboxylic acids is 3. The van der Waals surface area contributed by atoms with Gasteiger partial charge in [0.15, 0.2) is 0 Å². The van der Waals surface area contributed by atoms with Crippen LogP contribution in [0, 0.1) is 0 Å². The van der Waals surface area contributed by atoms with Gasteiger partial charge in [0.25, 0.3) is 0 Å². The minimum atomic E-state index is -1.00. The summed E-state index contributed by atoms with van der Waals surface area (Å²) in [6, 6.07) is 20.2. The number of rotatable bonds is 3. The van der Waals surface area contributed by atoms with E-state index in [9.17, 15) is 19.5 Å². The molecule has 0 aliphatic rings. The fourth-order valence-electron chi connectivity index (χ4n) is 3.28. The van der Waals surface area contributed by atoms with E-state index in [2.05, 4.69) is 0 Å². The first-order valence-corrected chi connectivity index (χ1v) is 9.12. The second kappa shape index (κ2) is 9.06. The smallest absolute Gasteiger partial charge is 0.350 e. The van der Waals surface area contributed by atoms with Crippen molar-refractivity contribution in [2.24, 2.45) is 0 Å². The van der Waals surface area contributed by atoms with Crippen LogP contribution in [0.2, 0.25) is 0 Å². The number of benzene rings is 4. The maximum Gasteiger partial charge on any atom is 0.350 e. The molecule has 4 aromatic carbocycles. The van der Waals surface area contributed by atoms with Crippen molar-refractivity contribution in [1.29, 1.82) is 0 Å².